The van der Waals surface area contributed by atoms with E-state index >= 15 is 0 Å². The minimum atomic E-state index is 0.0403. The maximum atomic E-state index is 12.0. The van der Waals surface area contributed by atoms with Gasteiger partial charge in [-0.15, -0.1) is 0 Å². The monoisotopic (exact) mass is 291 g/mol. The summed E-state index contributed by atoms with van der Waals surface area (Å²) < 4.78 is 1.68. The second-order valence-corrected chi connectivity index (χ2v) is 4.67. The van der Waals surface area contributed by atoms with E-state index in [4.69, 9.17) is 0 Å². The van der Waals surface area contributed by atoms with Crippen molar-refractivity contribution in [2.75, 3.05) is 0 Å². The predicted octanol–water partition coefficient (Wildman–Crippen LogP) is 3.35. The van der Waals surface area contributed by atoms with Gasteiger partial charge in [-0.1, -0.05) is 28.1 Å². The average molecular weight is 292 g/mol. The van der Waals surface area contributed by atoms with Crippen molar-refractivity contribution in [1.82, 2.24) is 4.57 Å². The van der Waals surface area contributed by atoms with Crippen molar-refractivity contribution in [3.8, 4) is 5.69 Å². The molecule has 88 valence electrons. The van der Waals surface area contributed by atoms with Crippen molar-refractivity contribution in [2.24, 2.45) is 0 Å². The summed E-state index contributed by atoms with van der Waals surface area (Å²) in [5, 5.41) is 0.835. The smallest absolute Gasteiger partial charge is 0.257 e. The topological polar surface area (TPSA) is 22.0 Å². The van der Waals surface area contributed by atoms with Gasteiger partial charge >= 0.3 is 0 Å². The molecule has 2 nitrogen and oxygen atoms in total. The molecule has 0 saturated heterocycles. The Morgan fingerprint density at radius 2 is 1.94 bits per heavy atom. The van der Waals surface area contributed by atoms with E-state index in [0.717, 1.165) is 16.6 Å². The van der Waals surface area contributed by atoms with E-state index in [2.05, 4.69) is 22.9 Å². The first-order valence-electron chi connectivity index (χ1n) is 5.47. The van der Waals surface area contributed by atoms with Crippen LogP contribution in [0.5, 0.6) is 0 Å². The van der Waals surface area contributed by atoms with Crippen molar-refractivity contribution in [2.45, 2.75) is 19.2 Å². The molecule has 17 heavy (non-hydrogen) atoms. The molecular formula is C14H14BrNO. The molecule has 0 spiro atoms. The fourth-order valence-corrected chi connectivity index (χ4v) is 2.41. The highest BCUT2D eigenvalue weighted by Gasteiger charge is 2.03. The summed E-state index contributed by atoms with van der Waals surface area (Å²) in [6.45, 7) is 3.89. The van der Waals surface area contributed by atoms with Gasteiger partial charge in [0, 0.05) is 22.8 Å². The van der Waals surface area contributed by atoms with Crippen molar-refractivity contribution < 1.29 is 0 Å². The number of alkyl halides is 1. The van der Waals surface area contributed by atoms with E-state index < -0.39 is 0 Å². The lowest BCUT2D eigenvalue weighted by Gasteiger charge is -2.09. The van der Waals surface area contributed by atoms with Crippen LogP contribution in [0.3, 0.4) is 0 Å². The van der Waals surface area contributed by atoms with Gasteiger partial charge in [-0.3, -0.25) is 9.36 Å². The summed E-state index contributed by atoms with van der Waals surface area (Å²) in [5.74, 6) is 0. The van der Waals surface area contributed by atoms with Gasteiger partial charge in [-0.05, 0) is 43.2 Å². The third-order valence-corrected chi connectivity index (χ3v) is 3.49. The minimum Gasteiger partial charge on any atom is -0.284 e. The Kier molecular flexibility index (Phi) is 3.48. The number of pyridine rings is 1. The number of halogens is 1. The first kappa shape index (κ1) is 12.1. The lowest BCUT2D eigenvalue weighted by Crippen LogP contribution is -2.19. The molecule has 0 fully saturated rings. The molecule has 2 aromatic rings. The van der Waals surface area contributed by atoms with E-state index in [0.29, 0.717) is 0 Å². The van der Waals surface area contributed by atoms with E-state index in [1.165, 1.54) is 11.1 Å². The van der Waals surface area contributed by atoms with Crippen LogP contribution in [0.15, 0.2) is 41.3 Å². The highest BCUT2D eigenvalue weighted by Crippen LogP contribution is 2.16. The van der Waals surface area contributed by atoms with Gasteiger partial charge in [0.25, 0.3) is 5.56 Å². The van der Waals surface area contributed by atoms with E-state index in [1.807, 2.05) is 37.3 Å². The standard InChI is InChI=1S/C14H14BrNO/c1-10-4-3-7-16(14(10)17)13-6-5-12(9-15)11(2)8-13/h3-8H,9H2,1-2H3. The Labute approximate surface area is 109 Å². The molecule has 0 unspecified atom stereocenters. The van der Waals surface area contributed by atoms with E-state index in [1.54, 1.807) is 10.8 Å². The molecule has 0 radical (unpaired) electrons. The van der Waals surface area contributed by atoms with E-state index in [9.17, 15) is 4.79 Å². The molecule has 3 heteroatoms. The second-order valence-electron chi connectivity index (χ2n) is 4.11. The molecule has 0 bridgehead atoms. The highest BCUT2D eigenvalue weighted by atomic mass is 79.9. The average Bonchev–Trinajstić information content (AvgIpc) is 2.32. The minimum absolute atomic E-state index is 0.0403. The molecule has 0 saturated carbocycles. The van der Waals surface area contributed by atoms with Crippen molar-refractivity contribution in [3.05, 3.63) is 63.6 Å². The quantitative estimate of drug-likeness (QED) is 0.778. The lowest BCUT2D eigenvalue weighted by atomic mass is 10.1. The number of aromatic nitrogens is 1. The fourth-order valence-electron chi connectivity index (χ4n) is 1.79. The zero-order valence-corrected chi connectivity index (χ0v) is 11.5. The molecule has 0 amide bonds. The Morgan fingerprint density at radius 1 is 1.18 bits per heavy atom. The van der Waals surface area contributed by atoms with Crippen molar-refractivity contribution in [1.29, 1.82) is 0 Å². The second kappa shape index (κ2) is 4.88. The predicted molar refractivity (Wildman–Crippen MR) is 74.1 cm³/mol. The van der Waals surface area contributed by atoms with Gasteiger partial charge in [0.1, 0.15) is 0 Å². The van der Waals surface area contributed by atoms with Gasteiger partial charge < -0.3 is 0 Å². The molecule has 0 atom stereocenters. The van der Waals surface area contributed by atoms with Crippen LogP contribution in [0, 0.1) is 13.8 Å². The van der Waals surface area contributed by atoms with Crippen molar-refractivity contribution in [3.63, 3.8) is 0 Å². The molecule has 0 aliphatic rings. The summed E-state index contributed by atoms with van der Waals surface area (Å²) in [6.07, 6.45) is 1.80. The van der Waals surface area contributed by atoms with Gasteiger partial charge in [0.2, 0.25) is 0 Å². The Hall–Kier alpha value is -1.35. The molecule has 0 aliphatic heterocycles. The number of hydrogen-bond acceptors (Lipinski definition) is 1. The van der Waals surface area contributed by atoms with Gasteiger partial charge in [-0.25, -0.2) is 0 Å². The van der Waals surface area contributed by atoms with Crippen LogP contribution in [-0.4, -0.2) is 4.57 Å². The van der Waals surface area contributed by atoms with Crippen LogP contribution >= 0.6 is 15.9 Å². The molecule has 1 heterocycles. The summed E-state index contributed by atoms with van der Waals surface area (Å²) >= 11 is 3.45. The van der Waals surface area contributed by atoms with Crippen molar-refractivity contribution >= 4 is 15.9 Å². The third-order valence-electron chi connectivity index (χ3n) is 2.89. The number of benzene rings is 1. The summed E-state index contributed by atoms with van der Waals surface area (Å²) in [6, 6.07) is 9.79. The van der Waals surface area contributed by atoms with Crippen LogP contribution in [0.2, 0.25) is 0 Å². The zero-order valence-electron chi connectivity index (χ0n) is 9.90. The van der Waals surface area contributed by atoms with Crippen LogP contribution in [-0.2, 0) is 5.33 Å². The Morgan fingerprint density at radius 3 is 2.59 bits per heavy atom. The lowest BCUT2D eigenvalue weighted by molar-refractivity contribution is 0.966. The normalized spacial score (nSPS) is 10.5. The van der Waals surface area contributed by atoms with Crippen LogP contribution < -0.4 is 5.56 Å². The van der Waals surface area contributed by atoms with Crippen LogP contribution in [0.1, 0.15) is 16.7 Å². The summed E-state index contributed by atoms with van der Waals surface area (Å²) in [5.41, 5.74) is 4.15. The van der Waals surface area contributed by atoms with Crippen LogP contribution in [0.4, 0.5) is 0 Å². The summed E-state index contributed by atoms with van der Waals surface area (Å²) in [4.78, 5) is 12.0. The molecule has 0 aliphatic carbocycles. The maximum Gasteiger partial charge on any atom is 0.257 e. The SMILES string of the molecule is Cc1cc(-n2cccc(C)c2=O)ccc1CBr. The molecule has 1 aromatic carbocycles. The molecule has 2 rings (SSSR count). The Balaban J connectivity index is 2.58. The van der Waals surface area contributed by atoms with Crippen LogP contribution in [0.25, 0.3) is 5.69 Å². The highest BCUT2D eigenvalue weighted by molar-refractivity contribution is 9.08. The number of rotatable bonds is 2. The number of nitrogens with zero attached hydrogens (tertiary/aromatic N) is 1. The Bertz CT molecular complexity index is 601. The first-order valence-corrected chi connectivity index (χ1v) is 6.60. The fraction of sp³-hybridized carbons (Fsp3) is 0.214. The first-order chi connectivity index (χ1) is 8.13. The summed E-state index contributed by atoms with van der Waals surface area (Å²) in [7, 11) is 0. The molecular weight excluding hydrogens is 278 g/mol. The van der Waals surface area contributed by atoms with Gasteiger partial charge in [-0.2, -0.15) is 0 Å². The largest absolute Gasteiger partial charge is 0.284 e. The molecule has 1 aromatic heterocycles. The number of hydrogen-bond donors (Lipinski definition) is 0. The molecule has 0 N–H and O–H groups in total. The van der Waals surface area contributed by atoms with E-state index in [-0.39, 0.29) is 5.56 Å². The van der Waals surface area contributed by atoms with Gasteiger partial charge in [0.05, 0.1) is 0 Å². The third kappa shape index (κ3) is 2.34. The maximum absolute atomic E-state index is 12.0. The number of aryl methyl sites for hydroxylation is 2. The zero-order chi connectivity index (χ0) is 12.4. The van der Waals surface area contributed by atoms with Gasteiger partial charge in [0.15, 0.2) is 0 Å².